The van der Waals surface area contributed by atoms with Gasteiger partial charge in [-0.3, -0.25) is 14.4 Å². The molecule has 2 fully saturated rings. The number of ether oxygens (including phenoxy) is 1. The van der Waals surface area contributed by atoms with Crippen molar-refractivity contribution < 1.29 is 41.0 Å². The standard InChI is InChI=1S/C25H33N3O4S.C2HF3O2/c1-19(2)20-3-9-23(10-4-20)33(30,31)27-22-7-5-21(6-8-22)25(11-12-25)24(29)26-13-14-28-15-17-32-18-16-28;3-2(4,5)1(6)7/h3-10,19,27H,11-18H2,1-2H3,(H,26,29);(H,6,7). The van der Waals surface area contributed by atoms with Crippen LogP contribution in [0.3, 0.4) is 0 Å². The van der Waals surface area contributed by atoms with Crippen molar-refractivity contribution in [3.05, 3.63) is 59.7 Å². The Morgan fingerprint density at radius 3 is 2.05 bits per heavy atom. The van der Waals surface area contributed by atoms with Crippen molar-refractivity contribution in [1.82, 2.24) is 10.2 Å². The molecule has 13 heteroatoms. The number of anilines is 1. The van der Waals surface area contributed by atoms with Gasteiger partial charge in [-0.1, -0.05) is 38.1 Å². The summed E-state index contributed by atoms with van der Waals surface area (Å²) in [6.45, 7) is 8.88. The number of carbonyl (C=O) groups is 2. The van der Waals surface area contributed by atoms with E-state index in [4.69, 9.17) is 14.6 Å². The minimum absolute atomic E-state index is 0.0503. The first-order chi connectivity index (χ1) is 18.7. The zero-order chi connectivity index (χ0) is 29.6. The summed E-state index contributed by atoms with van der Waals surface area (Å²) in [6, 6.07) is 14.1. The smallest absolute Gasteiger partial charge is 0.475 e. The molecule has 0 radical (unpaired) electrons. The van der Waals surface area contributed by atoms with E-state index in [9.17, 15) is 26.4 Å². The first-order valence-electron chi connectivity index (χ1n) is 12.9. The van der Waals surface area contributed by atoms with Gasteiger partial charge < -0.3 is 15.2 Å². The maximum atomic E-state index is 12.9. The van der Waals surface area contributed by atoms with Crippen LogP contribution in [0.25, 0.3) is 0 Å². The molecule has 0 atom stereocenters. The van der Waals surface area contributed by atoms with E-state index < -0.39 is 27.6 Å². The van der Waals surface area contributed by atoms with E-state index in [2.05, 4.69) is 28.8 Å². The van der Waals surface area contributed by atoms with E-state index in [-0.39, 0.29) is 10.8 Å². The number of nitrogens with one attached hydrogen (secondary N) is 2. The molecule has 0 spiro atoms. The van der Waals surface area contributed by atoms with E-state index in [1.54, 1.807) is 24.3 Å². The third-order valence-corrected chi connectivity index (χ3v) is 8.19. The van der Waals surface area contributed by atoms with Gasteiger partial charge in [0.1, 0.15) is 0 Å². The minimum Gasteiger partial charge on any atom is -0.475 e. The highest BCUT2D eigenvalue weighted by Gasteiger charge is 2.51. The molecule has 2 aromatic rings. The van der Waals surface area contributed by atoms with Crippen LogP contribution in [0.4, 0.5) is 18.9 Å². The Kier molecular flexibility index (Phi) is 10.2. The number of amides is 1. The van der Waals surface area contributed by atoms with Crippen molar-refractivity contribution in [3.63, 3.8) is 0 Å². The quantitative estimate of drug-likeness (QED) is 0.410. The molecule has 1 aliphatic carbocycles. The lowest BCUT2D eigenvalue weighted by atomic mass is 9.95. The first kappa shape index (κ1) is 31.4. The van der Waals surface area contributed by atoms with Crippen molar-refractivity contribution in [1.29, 1.82) is 0 Å². The summed E-state index contributed by atoms with van der Waals surface area (Å²) in [6.07, 6.45) is -3.46. The largest absolute Gasteiger partial charge is 0.490 e. The summed E-state index contributed by atoms with van der Waals surface area (Å²) in [7, 11) is -3.67. The Morgan fingerprint density at radius 2 is 1.57 bits per heavy atom. The number of carbonyl (C=O) groups excluding carboxylic acids is 1. The second kappa shape index (κ2) is 13.0. The number of carboxylic acids is 1. The minimum atomic E-state index is -5.08. The van der Waals surface area contributed by atoms with Crippen LogP contribution in [0.1, 0.15) is 43.7 Å². The van der Waals surface area contributed by atoms with Crippen molar-refractivity contribution in [3.8, 4) is 0 Å². The fourth-order valence-electron chi connectivity index (χ4n) is 4.20. The predicted molar refractivity (Wildman–Crippen MR) is 143 cm³/mol. The van der Waals surface area contributed by atoms with Crippen LogP contribution >= 0.6 is 0 Å². The molecule has 1 saturated carbocycles. The number of hydrogen-bond donors (Lipinski definition) is 3. The molecule has 0 bridgehead atoms. The number of rotatable bonds is 9. The lowest BCUT2D eigenvalue weighted by Crippen LogP contribution is -2.43. The van der Waals surface area contributed by atoms with E-state index in [0.717, 1.165) is 56.8 Å². The highest BCUT2D eigenvalue weighted by atomic mass is 32.2. The van der Waals surface area contributed by atoms with E-state index in [1.807, 2.05) is 24.3 Å². The third-order valence-electron chi connectivity index (χ3n) is 6.79. The fraction of sp³-hybridized carbons (Fsp3) is 0.481. The van der Waals surface area contributed by atoms with Crippen LogP contribution in [0.5, 0.6) is 0 Å². The highest BCUT2D eigenvalue weighted by molar-refractivity contribution is 7.92. The lowest BCUT2D eigenvalue weighted by Gasteiger charge is -2.27. The van der Waals surface area contributed by atoms with Crippen LogP contribution in [0.15, 0.2) is 53.4 Å². The summed E-state index contributed by atoms with van der Waals surface area (Å²) in [5.41, 5.74) is 2.01. The zero-order valence-electron chi connectivity index (χ0n) is 22.3. The molecule has 2 aliphatic rings. The van der Waals surface area contributed by atoms with E-state index >= 15 is 0 Å². The molecule has 3 N–H and O–H groups in total. The molecular weight excluding hydrogens is 551 g/mol. The van der Waals surface area contributed by atoms with Gasteiger partial charge in [0.15, 0.2) is 0 Å². The SMILES string of the molecule is CC(C)c1ccc(S(=O)(=O)Nc2ccc(C3(C(=O)NCCN4CCOCC4)CC3)cc2)cc1.O=C(O)C(F)(F)F. The lowest BCUT2D eigenvalue weighted by molar-refractivity contribution is -0.192. The average Bonchev–Trinajstić information content (AvgIpc) is 3.72. The highest BCUT2D eigenvalue weighted by Crippen LogP contribution is 2.48. The zero-order valence-corrected chi connectivity index (χ0v) is 23.1. The number of hydrogen-bond acceptors (Lipinski definition) is 6. The van der Waals surface area contributed by atoms with Crippen LogP contribution in [-0.4, -0.2) is 75.9 Å². The Bertz CT molecular complexity index is 1260. The summed E-state index contributed by atoms with van der Waals surface area (Å²) in [4.78, 5) is 24.3. The summed E-state index contributed by atoms with van der Waals surface area (Å²) >= 11 is 0. The monoisotopic (exact) mass is 585 g/mol. The van der Waals surface area contributed by atoms with Gasteiger partial charge in [0, 0.05) is 31.9 Å². The van der Waals surface area contributed by atoms with Crippen LogP contribution in [0.2, 0.25) is 0 Å². The molecule has 9 nitrogen and oxygen atoms in total. The summed E-state index contributed by atoms with van der Waals surface area (Å²) < 4.78 is 65.2. The molecule has 2 aromatic carbocycles. The van der Waals surface area contributed by atoms with Gasteiger partial charge in [0.2, 0.25) is 5.91 Å². The van der Waals surface area contributed by atoms with Crippen molar-refractivity contribution in [2.24, 2.45) is 0 Å². The van der Waals surface area contributed by atoms with Crippen LogP contribution < -0.4 is 10.0 Å². The van der Waals surface area contributed by atoms with Crippen LogP contribution in [-0.2, 0) is 29.8 Å². The number of halogens is 3. The van der Waals surface area contributed by atoms with Crippen LogP contribution in [0, 0.1) is 0 Å². The molecule has 4 rings (SSSR count). The van der Waals surface area contributed by atoms with Gasteiger partial charge in [0.25, 0.3) is 10.0 Å². The second-order valence-corrected chi connectivity index (χ2v) is 11.7. The number of carboxylic acid groups (broad SMARTS) is 1. The fourth-order valence-corrected chi connectivity index (χ4v) is 5.26. The number of aliphatic carboxylic acids is 1. The number of benzene rings is 2. The number of sulfonamides is 1. The van der Waals surface area contributed by atoms with Crippen molar-refractivity contribution in [2.45, 2.75) is 49.1 Å². The summed E-state index contributed by atoms with van der Waals surface area (Å²) in [5, 5.41) is 10.2. The second-order valence-electron chi connectivity index (χ2n) is 10.0. The van der Waals surface area contributed by atoms with Crippen molar-refractivity contribution >= 4 is 27.6 Å². The van der Waals surface area contributed by atoms with Gasteiger partial charge in [-0.25, -0.2) is 13.2 Å². The van der Waals surface area contributed by atoms with Gasteiger partial charge in [-0.05, 0) is 54.2 Å². The normalized spacial score (nSPS) is 16.9. The first-order valence-corrected chi connectivity index (χ1v) is 14.3. The van der Waals surface area contributed by atoms with E-state index in [0.29, 0.717) is 18.2 Å². The number of alkyl halides is 3. The maximum Gasteiger partial charge on any atom is 0.490 e. The van der Waals surface area contributed by atoms with E-state index in [1.165, 1.54) is 0 Å². The maximum absolute atomic E-state index is 12.9. The van der Waals surface area contributed by atoms with Gasteiger partial charge >= 0.3 is 12.1 Å². The molecule has 1 saturated heterocycles. The topological polar surface area (TPSA) is 125 Å². The number of nitrogens with zero attached hydrogens (tertiary/aromatic N) is 1. The molecular formula is C27H34F3N3O6S. The summed E-state index contributed by atoms with van der Waals surface area (Å²) in [5.74, 6) is -2.37. The molecule has 0 aromatic heterocycles. The van der Waals surface area contributed by atoms with Gasteiger partial charge in [-0.2, -0.15) is 13.2 Å². The van der Waals surface area contributed by atoms with Crippen molar-refractivity contribution in [2.75, 3.05) is 44.1 Å². The molecule has 1 amide bonds. The van der Waals surface area contributed by atoms with Gasteiger partial charge in [0.05, 0.1) is 23.5 Å². The molecule has 220 valence electrons. The Hall–Kier alpha value is -3.16. The molecule has 40 heavy (non-hydrogen) atoms. The number of morpholine rings is 1. The third kappa shape index (κ3) is 8.42. The molecule has 1 aliphatic heterocycles. The molecule has 0 unspecified atom stereocenters. The average molecular weight is 586 g/mol. The Labute approximate surface area is 231 Å². The Balaban J connectivity index is 0.000000559. The molecule has 1 heterocycles. The predicted octanol–water partition coefficient (Wildman–Crippen LogP) is 3.72. The van der Waals surface area contributed by atoms with Gasteiger partial charge in [-0.15, -0.1) is 0 Å². The Morgan fingerprint density at radius 1 is 1.02 bits per heavy atom.